The van der Waals surface area contributed by atoms with Crippen molar-refractivity contribution in [1.82, 2.24) is 16.0 Å². The summed E-state index contributed by atoms with van der Waals surface area (Å²) in [6.45, 7) is 6.48. The van der Waals surface area contributed by atoms with Gasteiger partial charge < -0.3 is 21.1 Å². The fraction of sp³-hybridized carbons (Fsp3) is 0.895. The number of amides is 1. The number of aliphatic hydroxyl groups is 1. The van der Waals surface area contributed by atoms with Crippen LogP contribution >= 0.6 is 24.0 Å². The molecule has 1 amide bonds. The maximum absolute atomic E-state index is 12.0. The Balaban J connectivity index is 0.00000625. The maximum Gasteiger partial charge on any atom is 0.221 e. The number of rotatable bonds is 11. The maximum atomic E-state index is 12.0. The van der Waals surface area contributed by atoms with E-state index in [0.717, 1.165) is 44.6 Å². The van der Waals surface area contributed by atoms with Crippen LogP contribution in [0.15, 0.2) is 4.99 Å². The molecule has 1 aliphatic carbocycles. The molecule has 0 heterocycles. The molecule has 0 spiro atoms. The fourth-order valence-corrected chi connectivity index (χ4v) is 3.32. The van der Waals surface area contributed by atoms with Gasteiger partial charge in [0.2, 0.25) is 5.91 Å². The van der Waals surface area contributed by atoms with Crippen LogP contribution in [-0.4, -0.2) is 49.3 Å². The average molecular weight is 482 g/mol. The third-order valence-electron chi connectivity index (χ3n) is 4.70. The van der Waals surface area contributed by atoms with Crippen molar-refractivity contribution in [2.75, 3.05) is 26.2 Å². The first-order valence-corrected chi connectivity index (χ1v) is 10.1. The number of aliphatic hydroxyl groups excluding tert-OH is 1. The van der Waals surface area contributed by atoms with Crippen LogP contribution in [0.25, 0.3) is 0 Å². The van der Waals surface area contributed by atoms with Gasteiger partial charge in [-0.25, -0.2) is 0 Å². The lowest BCUT2D eigenvalue weighted by atomic mass is 9.95. The average Bonchev–Trinajstić information content (AvgIpc) is 2.60. The number of carbonyl (C=O) groups is 1. The van der Waals surface area contributed by atoms with Gasteiger partial charge in [0, 0.05) is 38.7 Å². The molecule has 4 N–H and O–H groups in total. The number of nitrogens with zero attached hydrogens (tertiary/aromatic N) is 1. The van der Waals surface area contributed by atoms with E-state index < -0.39 is 0 Å². The van der Waals surface area contributed by atoms with Gasteiger partial charge in [0.05, 0.1) is 0 Å². The molecule has 26 heavy (non-hydrogen) atoms. The first-order chi connectivity index (χ1) is 12.2. The van der Waals surface area contributed by atoms with Crippen LogP contribution in [0.2, 0.25) is 0 Å². The molecule has 0 aromatic carbocycles. The smallest absolute Gasteiger partial charge is 0.221 e. The van der Waals surface area contributed by atoms with Crippen molar-refractivity contribution in [1.29, 1.82) is 0 Å². The van der Waals surface area contributed by atoms with Gasteiger partial charge in [0.1, 0.15) is 0 Å². The van der Waals surface area contributed by atoms with Crippen LogP contribution in [0, 0.1) is 5.92 Å². The zero-order valence-electron chi connectivity index (χ0n) is 16.6. The van der Waals surface area contributed by atoms with Crippen molar-refractivity contribution < 1.29 is 9.90 Å². The first kappa shape index (κ1) is 25.4. The first-order valence-electron chi connectivity index (χ1n) is 10.1. The minimum absolute atomic E-state index is 0. The highest BCUT2D eigenvalue weighted by Gasteiger charge is 2.15. The standard InChI is InChI=1S/C19H38N4O2.HI/c1-3-8-16(12-14-24)15-22-19(20-4-2)21-13-11-18(25)23-17-9-6-5-7-10-17;/h16-17,24H,3-15H2,1-2H3,(H,23,25)(H2,20,21,22);1H. The van der Waals surface area contributed by atoms with E-state index in [1.165, 1.54) is 19.3 Å². The molecule has 1 aliphatic rings. The van der Waals surface area contributed by atoms with Crippen LogP contribution in [0.5, 0.6) is 0 Å². The monoisotopic (exact) mass is 482 g/mol. The predicted molar refractivity (Wildman–Crippen MR) is 119 cm³/mol. The van der Waals surface area contributed by atoms with Gasteiger partial charge in [-0.05, 0) is 38.5 Å². The van der Waals surface area contributed by atoms with Crippen molar-refractivity contribution in [2.24, 2.45) is 10.9 Å². The Labute approximate surface area is 176 Å². The number of aliphatic imine (C=N–C) groups is 1. The molecular weight excluding hydrogens is 443 g/mol. The molecular formula is C19H39IN4O2. The molecule has 1 saturated carbocycles. The highest BCUT2D eigenvalue weighted by molar-refractivity contribution is 14.0. The van der Waals surface area contributed by atoms with Crippen LogP contribution in [0.3, 0.4) is 0 Å². The molecule has 154 valence electrons. The van der Waals surface area contributed by atoms with Gasteiger partial charge in [-0.3, -0.25) is 9.79 Å². The van der Waals surface area contributed by atoms with Gasteiger partial charge >= 0.3 is 0 Å². The van der Waals surface area contributed by atoms with Gasteiger partial charge in [0.15, 0.2) is 5.96 Å². The molecule has 6 nitrogen and oxygen atoms in total. The van der Waals surface area contributed by atoms with Gasteiger partial charge in [-0.15, -0.1) is 24.0 Å². The predicted octanol–water partition coefficient (Wildman–Crippen LogP) is 2.80. The van der Waals surface area contributed by atoms with E-state index in [1.807, 2.05) is 6.92 Å². The normalized spacial score (nSPS) is 16.5. The quantitative estimate of drug-likeness (QED) is 0.207. The minimum Gasteiger partial charge on any atom is -0.396 e. The van der Waals surface area contributed by atoms with E-state index >= 15 is 0 Å². The minimum atomic E-state index is 0. The Kier molecular flexibility index (Phi) is 16.2. The van der Waals surface area contributed by atoms with E-state index in [2.05, 4.69) is 27.9 Å². The molecule has 1 fully saturated rings. The summed E-state index contributed by atoms with van der Waals surface area (Å²) in [5.74, 6) is 1.30. The summed E-state index contributed by atoms with van der Waals surface area (Å²) in [6, 6.07) is 0.372. The molecule has 1 unspecified atom stereocenters. The molecule has 1 rings (SSSR count). The van der Waals surface area contributed by atoms with Crippen LogP contribution in [-0.2, 0) is 4.79 Å². The summed E-state index contributed by atoms with van der Waals surface area (Å²) in [6.07, 6.45) is 9.43. The van der Waals surface area contributed by atoms with Crippen molar-refractivity contribution in [3.05, 3.63) is 0 Å². The number of halogens is 1. The molecule has 0 aromatic heterocycles. The van der Waals surface area contributed by atoms with Crippen LogP contribution in [0.4, 0.5) is 0 Å². The summed E-state index contributed by atoms with van der Waals surface area (Å²) < 4.78 is 0. The summed E-state index contributed by atoms with van der Waals surface area (Å²) >= 11 is 0. The Hall–Kier alpha value is -0.570. The van der Waals surface area contributed by atoms with E-state index in [4.69, 9.17) is 5.11 Å². The molecule has 7 heteroatoms. The largest absolute Gasteiger partial charge is 0.396 e. The second-order valence-corrected chi connectivity index (χ2v) is 6.97. The molecule has 0 saturated heterocycles. The zero-order valence-corrected chi connectivity index (χ0v) is 18.9. The molecule has 0 bridgehead atoms. The second-order valence-electron chi connectivity index (χ2n) is 6.97. The van der Waals surface area contributed by atoms with Gasteiger partial charge in [-0.1, -0.05) is 32.6 Å². The van der Waals surface area contributed by atoms with Crippen molar-refractivity contribution in [3.8, 4) is 0 Å². The molecule has 0 radical (unpaired) electrons. The number of guanidine groups is 1. The Morgan fingerprint density at radius 1 is 1.15 bits per heavy atom. The van der Waals surface area contributed by atoms with E-state index in [0.29, 0.717) is 31.5 Å². The number of hydrogen-bond donors (Lipinski definition) is 4. The second kappa shape index (κ2) is 16.6. The molecule has 0 aromatic rings. The van der Waals surface area contributed by atoms with Crippen LogP contribution < -0.4 is 16.0 Å². The third kappa shape index (κ3) is 11.9. The topological polar surface area (TPSA) is 85.8 Å². The van der Waals surface area contributed by atoms with Crippen LogP contribution in [0.1, 0.15) is 71.6 Å². The third-order valence-corrected chi connectivity index (χ3v) is 4.70. The van der Waals surface area contributed by atoms with E-state index in [1.54, 1.807) is 0 Å². The van der Waals surface area contributed by atoms with Gasteiger partial charge in [-0.2, -0.15) is 0 Å². The number of carbonyl (C=O) groups excluding carboxylic acids is 1. The SMILES string of the molecule is CCCC(CCO)CN=C(NCC)NCCC(=O)NC1CCCCC1.I. The molecule has 1 atom stereocenters. The summed E-state index contributed by atoms with van der Waals surface area (Å²) in [4.78, 5) is 16.7. The fourth-order valence-electron chi connectivity index (χ4n) is 3.32. The Morgan fingerprint density at radius 2 is 1.88 bits per heavy atom. The molecule has 0 aliphatic heterocycles. The lowest BCUT2D eigenvalue weighted by Gasteiger charge is -2.22. The number of hydrogen-bond acceptors (Lipinski definition) is 3. The summed E-state index contributed by atoms with van der Waals surface area (Å²) in [5, 5.41) is 18.8. The van der Waals surface area contributed by atoms with E-state index in [-0.39, 0.29) is 36.5 Å². The Morgan fingerprint density at radius 3 is 2.50 bits per heavy atom. The van der Waals surface area contributed by atoms with Gasteiger partial charge in [0.25, 0.3) is 0 Å². The lowest BCUT2D eigenvalue weighted by Crippen LogP contribution is -2.41. The lowest BCUT2D eigenvalue weighted by molar-refractivity contribution is -0.121. The Bertz CT molecular complexity index is 382. The summed E-state index contributed by atoms with van der Waals surface area (Å²) in [5.41, 5.74) is 0. The highest BCUT2D eigenvalue weighted by atomic mass is 127. The highest BCUT2D eigenvalue weighted by Crippen LogP contribution is 2.17. The van der Waals surface area contributed by atoms with Crippen molar-refractivity contribution in [2.45, 2.75) is 77.7 Å². The summed E-state index contributed by atoms with van der Waals surface area (Å²) in [7, 11) is 0. The van der Waals surface area contributed by atoms with Crippen molar-refractivity contribution >= 4 is 35.8 Å². The zero-order chi connectivity index (χ0) is 18.3. The van der Waals surface area contributed by atoms with E-state index in [9.17, 15) is 4.79 Å². The van der Waals surface area contributed by atoms with Crippen molar-refractivity contribution in [3.63, 3.8) is 0 Å². The number of nitrogens with one attached hydrogen (secondary N) is 3.